The Hall–Kier alpha value is -2.94. The number of benzene rings is 3. The van der Waals surface area contributed by atoms with Crippen LogP contribution in [0.2, 0.25) is 0 Å². The molecule has 0 saturated heterocycles. The van der Waals surface area contributed by atoms with E-state index in [9.17, 15) is 9.18 Å². The van der Waals surface area contributed by atoms with E-state index in [0.717, 1.165) is 32.1 Å². The van der Waals surface area contributed by atoms with Crippen molar-refractivity contribution in [3.05, 3.63) is 101 Å². The Balaban J connectivity index is 1.28. The third kappa shape index (κ3) is 5.61. The van der Waals surface area contributed by atoms with Crippen LogP contribution in [-0.4, -0.2) is 5.97 Å². The van der Waals surface area contributed by atoms with E-state index in [1.807, 2.05) is 0 Å². The quantitative estimate of drug-likeness (QED) is 0.318. The highest BCUT2D eigenvalue weighted by molar-refractivity contribution is 5.75. The van der Waals surface area contributed by atoms with Crippen LogP contribution in [0.15, 0.2) is 78.9 Å². The lowest BCUT2D eigenvalue weighted by atomic mass is 9.78. The molecule has 0 aliphatic heterocycles. The molecule has 0 radical (unpaired) electrons. The number of ether oxygens (including phenoxy) is 1. The Kier molecular flexibility index (Phi) is 6.81. The van der Waals surface area contributed by atoms with Crippen LogP contribution in [0.5, 0.6) is 5.75 Å². The predicted octanol–water partition coefficient (Wildman–Crippen LogP) is 7.05. The van der Waals surface area contributed by atoms with Crippen LogP contribution in [0.4, 0.5) is 4.39 Å². The molecule has 160 valence electrons. The first-order valence-electron chi connectivity index (χ1n) is 11.2. The third-order valence-electron chi connectivity index (χ3n) is 6.45. The Labute approximate surface area is 184 Å². The zero-order chi connectivity index (χ0) is 21.6. The zero-order valence-electron chi connectivity index (χ0n) is 18.0. The molecular formula is C28H29FO2. The summed E-state index contributed by atoms with van der Waals surface area (Å²) in [5.41, 5.74) is 4.09. The van der Waals surface area contributed by atoms with Crippen molar-refractivity contribution in [2.24, 2.45) is 5.92 Å². The molecule has 1 unspecified atom stereocenters. The molecule has 2 nitrogen and oxygen atoms in total. The van der Waals surface area contributed by atoms with Gasteiger partial charge in [-0.1, -0.05) is 61.5 Å². The van der Waals surface area contributed by atoms with Crippen LogP contribution in [0.3, 0.4) is 0 Å². The van der Waals surface area contributed by atoms with E-state index in [4.69, 9.17) is 4.74 Å². The molecule has 3 aromatic carbocycles. The second-order valence-corrected chi connectivity index (χ2v) is 8.68. The van der Waals surface area contributed by atoms with Crippen molar-refractivity contribution < 1.29 is 13.9 Å². The average Bonchev–Trinajstić information content (AvgIpc) is 2.82. The minimum atomic E-state index is -0.333. The van der Waals surface area contributed by atoms with Gasteiger partial charge in [0, 0.05) is 0 Å². The highest BCUT2D eigenvalue weighted by Gasteiger charge is 2.28. The van der Waals surface area contributed by atoms with Crippen molar-refractivity contribution in [3.63, 3.8) is 0 Å². The normalized spacial score (nSPS) is 19.5. The van der Waals surface area contributed by atoms with Gasteiger partial charge in [0.05, 0.1) is 5.92 Å². The summed E-state index contributed by atoms with van der Waals surface area (Å²) >= 11 is 0. The van der Waals surface area contributed by atoms with Gasteiger partial charge in [0.25, 0.3) is 0 Å². The molecular weight excluding hydrogens is 387 g/mol. The lowest BCUT2D eigenvalue weighted by Crippen LogP contribution is -2.25. The van der Waals surface area contributed by atoms with Gasteiger partial charge < -0.3 is 4.74 Å². The predicted molar refractivity (Wildman–Crippen MR) is 122 cm³/mol. The summed E-state index contributed by atoms with van der Waals surface area (Å²) in [5.74, 6) is 0.794. The summed E-state index contributed by atoms with van der Waals surface area (Å²) < 4.78 is 18.4. The van der Waals surface area contributed by atoms with Crippen molar-refractivity contribution >= 4 is 5.97 Å². The zero-order valence-corrected chi connectivity index (χ0v) is 18.0. The first-order chi connectivity index (χ1) is 15.1. The molecule has 0 spiro atoms. The van der Waals surface area contributed by atoms with Gasteiger partial charge in [-0.05, 0) is 84.9 Å². The first-order valence-corrected chi connectivity index (χ1v) is 11.2. The van der Waals surface area contributed by atoms with Crippen LogP contribution in [0.25, 0.3) is 0 Å². The molecule has 0 amide bonds. The molecule has 31 heavy (non-hydrogen) atoms. The lowest BCUT2D eigenvalue weighted by molar-refractivity contribution is -0.140. The Morgan fingerprint density at radius 3 is 2.19 bits per heavy atom. The number of carbonyl (C=O) groups is 1. The third-order valence-corrected chi connectivity index (χ3v) is 6.45. The molecule has 1 atom stereocenters. The average molecular weight is 417 g/mol. The Morgan fingerprint density at radius 2 is 1.55 bits per heavy atom. The number of esters is 1. The van der Waals surface area contributed by atoms with Crippen molar-refractivity contribution in [1.82, 2.24) is 0 Å². The minimum Gasteiger partial charge on any atom is -0.426 e. The minimum absolute atomic E-state index is 0.0766. The van der Waals surface area contributed by atoms with Crippen molar-refractivity contribution in [2.75, 3.05) is 0 Å². The van der Waals surface area contributed by atoms with Crippen LogP contribution in [0.1, 0.15) is 61.1 Å². The monoisotopic (exact) mass is 416 g/mol. The SMILES string of the molecule is CC(Cc1ccc(C2CCC(C(=O)Oc3ccc(F)cc3)CC2)cc1)c1ccccc1. The van der Waals surface area contributed by atoms with Gasteiger partial charge in [-0.2, -0.15) is 0 Å². The molecule has 3 heteroatoms. The summed E-state index contributed by atoms with van der Waals surface area (Å²) in [6.45, 7) is 2.27. The highest BCUT2D eigenvalue weighted by Crippen LogP contribution is 2.36. The van der Waals surface area contributed by atoms with Crippen LogP contribution in [-0.2, 0) is 11.2 Å². The fourth-order valence-corrected chi connectivity index (χ4v) is 4.54. The Bertz CT molecular complexity index is 972. The molecule has 1 aliphatic rings. The summed E-state index contributed by atoms with van der Waals surface area (Å²) in [7, 11) is 0. The van der Waals surface area contributed by atoms with Crippen LogP contribution in [0, 0.1) is 11.7 Å². The molecule has 1 fully saturated rings. The van der Waals surface area contributed by atoms with E-state index in [1.54, 1.807) is 0 Å². The highest BCUT2D eigenvalue weighted by atomic mass is 19.1. The lowest BCUT2D eigenvalue weighted by Gasteiger charge is -2.27. The van der Waals surface area contributed by atoms with Gasteiger partial charge in [-0.25, -0.2) is 4.39 Å². The molecule has 3 aromatic rings. The number of carbonyl (C=O) groups excluding carboxylic acids is 1. The summed E-state index contributed by atoms with van der Waals surface area (Å²) in [4.78, 5) is 12.4. The van der Waals surface area contributed by atoms with Gasteiger partial charge in [-0.15, -0.1) is 0 Å². The van der Waals surface area contributed by atoms with E-state index in [0.29, 0.717) is 17.6 Å². The van der Waals surface area contributed by atoms with E-state index in [2.05, 4.69) is 61.5 Å². The number of rotatable bonds is 6. The molecule has 0 heterocycles. The summed E-state index contributed by atoms with van der Waals surface area (Å²) in [6, 6.07) is 25.3. The van der Waals surface area contributed by atoms with E-state index in [-0.39, 0.29) is 17.7 Å². The summed E-state index contributed by atoms with van der Waals surface area (Å²) in [6.07, 6.45) is 4.67. The molecule has 4 rings (SSSR count). The molecule has 0 N–H and O–H groups in total. The molecule has 0 aromatic heterocycles. The van der Waals surface area contributed by atoms with Gasteiger partial charge in [0.2, 0.25) is 0 Å². The van der Waals surface area contributed by atoms with E-state index < -0.39 is 0 Å². The second kappa shape index (κ2) is 9.91. The maximum atomic E-state index is 13.0. The fourth-order valence-electron chi connectivity index (χ4n) is 4.54. The summed E-state index contributed by atoms with van der Waals surface area (Å²) in [5, 5.41) is 0. The van der Waals surface area contributed by atoms with Gasteiger partial charge >= 0.3 is 5.97 Å². The Morgan fingerprint density at radius 1 is 0.903 bits per heavy atom. The van der Waals surface area contributed by atoms with Crippen molar-refractivity contribution in [3.8, 4) is 5.75 Å². The number of hydrogen-bond donors (Lipinski definition) is 0. The van der Waals surface area contributed by atoms with Gasteiger partial charge in [-0.3, -0.25) is 4.79 Å². The van der Waals surface area contributed by atoms with E-state index >= 15 is 0 Å². The maximum absolute atomic E-state index is 13.0. The molecule has 1 aliphatic carbocycles. The maximum Gasteiger partial charge on any atom is 0.314 e. The molecule has 1 saturated carbocycles. The smallest absolute Gasteiger partial charge is 0.314 e. The fraction of sp³-hybridized carbons (Fsp3) is 0.321. The first kappa shape index (κ1) is 21.3. The second-order valence-electron chi connectivity index (χ2n) is 8.68. The van der Waals surface area contributed by atoms with Crippen LogP contribution >= 0.6 is 0 Å². The van der Waals surface area contributed by atoms with Gasteiger partial charge in [0.15, 0.2) is 0 Å². The number of hydrogen-bond acceptors (Lipinski definition) is 2. The largest absolute Gasteiger partial charge is 0.426 e. The number of halogens is 1. The van der Waals surface area contributed by atoms with Crippen LogP contribution < -0.4 is 4.74 Å². The van der Waals surface area contributed by atoms with Gasteiger partial charge in [0.1, 0.15) is 11.6 Å². The van der Waals surface area contributed by atoms with Crippen molar-refractivity contribution in [1.29, 1.82) is 0 Å². The van der Waals surface area contributed by atoms with E-state index in [1.165, 1.54) is 41.0 Å². The molecule has 0 bridgehead atoms. The standard InChI is InChI=1S/C28H29FO2/c1-20(22-5-3-2-4-6-22)19-21-7-9-23(10-8-21)24-11-13-25(14-12-24)28(30)31-27-17-15-26(29)16-18-27/h2-10,15-18,20,24-25H,11-14,19H2,1H3. The van der Waals surface area contributed by atoms with Crippen molar-refractivity contribution in [2.45, 2.75) is 50.9 Å². The topological polar surface area (TPSA) is 26.3 Å².